The zero-order valence-electron chi connectivity index (χ0n) is 19.5. The fourth-order valence-electron chi connectivity index (χ4n) is 7.24. The minimum atomic E-state index is -2.01. The quantitative estimate of drug-likeness (QED) is 0.456. The van der Waals surface area contributed by atoms with Crippen molar-refractivity contribution in [3.05, 3.63) is 40.3 Å². The molecule has 1 aromatic heterocycles. The average Bonchev–Trinajstić information content (AvgIpc) is 3.25. The third-order valence-corrected chi connectivity index (χ3v) is 9.48. The number of nitrogens with zero attached hydrogens (tertiary/aromatic N) is 2. The van der Waals surface area contributed by atoms with Gasteiger partial charge >= 0.3 is 0 Å². The molecule has 4 aliphatic carbocycles. The lowest BCUT2D eigenvalue weighted by Gasteiger charge is -2.49. The number of fused-ring (bicyclic) bond motifs is 3. The van der Waals surface area contributed by atoms with Crippen LogP contribution in [0.4, 0.5) is 0 Å². The minimum Gasteiger partial charge on any atom is -0.466 e. The number of aliphatic hydroxyl groups is 3. The minimum absolute atomic E-state index is 0.0112. The highest BCUT2D eigenvalue weighted by atomic mass is 35.5. The molecule has 0 saturated heterocycles. The van der Waals surface area contributed by atoms with E-state index in [9.17, 15) is 20.1 Å². The lowest BCUT2D eigenvalue weighted by molar-refractivity contribution is -0.186. The lowest BCUT2D eigenvalue weighted by Crippen LogP contribution is -2.66. The Kier molecular flexibility index (Phi) is 4.94. The van der Waals surface area contributed by atoms with Gasteiger partial charge in [-0.25, -0.2) is 9.97 Å². The summed E-state index contributed by atoms with van der Waals surface area (Å²) in [5.74, 6) is -0.222. The van der Waals surface area contributed by atoms with E-state index in [1.165, 1.54) is 6.33 Å². The van der Waals surface area contributed by atoms with Gasteiger partial charge in [0, 0.05) is 11.5 Å². The maximum absolute atomic E-state index is 14.3. The normalized spacial score (nSPS) is 43.0. The first kappa shape index (κ1) is 23.0. The van der Waals surface area contributed by atoms with E-state index in [1.807, 2.05) is 13.0 Å². The summed E-state index contributed by atoms with van der Waals surface area (Å²) in [6.45, 7) is 9.36. The highest BCUT2D eigenvalue weighted by molar-refractivity contribution is 6.30. The smallest absolute Gasteiger partial charge is 0.221 e. The topological polar surface area (TPSA) is 113 Å². The number of rotatable bonds is 3. The summed E-state index contributed by atoms with van der Waals surface area (Å²) in [6, 6.07) is 0. The zero-order chi connectivity index (χ0) is 24.1. The summed E-state index contributed by atoms with van der Waals surface area (Å²) in [6.07, 6.45) is 3.00. The van der Waals surface area contributed by atoms with E-state index in [0.29, 0.717) is 17.1 Å². The number of carbonyl (C=O) groups excluding carboxylic acids is 1. The van der Waals surface area contributed by atoms with E-state index < -0.39 is 35.7 Å². The number of aromatic nitrogens is 2. The Labute approximate surface area is 198 Å². The Bertz CT molecular complexity index is 1100. The van der Waals surface area contributed by atoms with Crippen LogP contribution in [-0.2, 0) is 4.79 Å². The molecule has 0 amide bonds. The molecule has 178 valence electrons. The maximum Gasteiger partial charge on any atom is 0.221 e. The molecule has 2 saturated carbocycles. The molecule has 1 heterocycles. The maximum atomic E-state index is 14.3. The van der Waals surface area contributed by atoms with Crippen molar-refractivity contribution >= 4 is 17.4 Å². The van der Waals surface area contributed by atoms with Gasteiger partial charge in [-0.2, -0.15) is 0 Å². The number of aliphatic hydroxyl groups excluding tert-OH is 2. The molecule has 2 bridgehead atoms. The van der Waals surface area contributed by atoms with E-state index in [0.717, 1.165) is 6.42 Å². The molecule has 0 radical (unpaired) electrons. The van der Waals surface area contributed by atoms with Crippen LogP contribution in [0.2, 0.25) is 5.15 Å². The zero-order valence-corrected chi connectivity index (χ0v) is 20.3. The van der Waals surface area contributed by atoms with E-state index in [4.69, 9.17) is 16.3 Å². The van der Waals surface area contributed by atoms with Crippen LogP contribution >= 0.6 is 11.6 Å². The van der Waals surface area contributed by atoms with Gasteiger partial charge in [0.05, 0.1) is 12.0 Å². The molecule has 1 unspecified atom stereocenters. The van der Waals surface area contributed by atoms with Crippen LogP contribution < -0.4 is 4.74 Å². The number of ketones is 1. The van der Waals surface area contributed by atoms with E-state index >= 15 is 0 Å². The number of allylic oxidation sites excluding steroid dienone is 1. The van der Waals surface area contributed by atoms with Crippen molar-refractivity contribution in [1.29, 1.82) is 0 Å². The van der Waals surface area contributed by atoms with Gasteiger partial charge in [0.2, 0.25) is 5.88 Å². The van der Waals surface area contributed by atoms with Crippen LogP contribution in [-0.4, -0.2) is 55.5 Å². The van der Waals surface area contributed by atoms with Gasteiger partial charge in [0.1, 0.15) is 17.6 Å². The van der Waals surface area contributed by atoms with Crippen molar-refractivity contribution in [3.63, 3.8) is 0 Å². The Morgan fingerprint density at radius 2 is 1.97 bits per heavy atom. The fourth-order valence-corrected chi connectivity index (χ4v) is 7.36. The Morgan fingerprint density at radius 1 is 1.27 bits per heavy atom. The molecule has 8 atom stereocenters. The summed E-state index contributed by atoms with van der Waals surface area (Å²) < 4.78 is 6.22. The highest BCUT2D eigenvalue weighted by Gasteiger charge is 2.76. The monoisotopic (exact) mass is 474 g/mol. The number of Topliss-reactive ketones (excluding diaryl/α,β-unsaturated/α-hetero) is 1. The summed E-state index contributed by atoms with van der Waals surface area (Å²) >= 11 is 6.15. The molecule has 5 rings (SSSR count). The van der Waals surface area contributed by atoms with E-state index in [-0.39, 0.29) is 39.6 Å². The Balaban J connectivity index is 1.69. The summed E-state index contributed by atoms with van der Waals surface area (Å²) in [5, 5.41) is 34.4. The molecule has 4 aliphatic rings. The predicted molar refractivity (Wildman–Crippen MR) is 122 cm³/mol. The predicted octanol–water partition coefficient (Wildman–Crippen LogP) is 2.65. The number of ether oxygens (including phenoxy) is 1. The summed E-state index contributed by atoms with van der Waals surface area (Å²) in [5.41, 5.74) is -1.99. The Morgan fingerprint density at radius 3 is 2.64 bits per heavy atom. The number of hydrogen-bond acceptors (Lipinski definition) is 7. The van der Waals surface area contributed by atoms with E-state index in [2.05, 4.69) is 23.8 Å². The number of hydrogen-bond donors (Lipinski definition) is 3. The molecule has 3 N–H and O–H groups in total. The first-order valence-corrected chi connectivity index (χ1v) is 11.9. The van der Waals surface area contributed by atoms with Gasteiger partial charge < -0.3 is 20.1 Å². The first-order chi connectivity index (χ1) is 15.4. The van der Waals surface area contributed by atoms with Crippen LogP contribution in [0.15, 0.2) is 29.6 Å². The van der Waals surface area contributed by atoms with Crippen LogP contribution in [0, 0.1) is 41.4 Å². The summed E-state index contributed by atoms with van der Waals surface area (Å²) in [4.78, 5) is 22.4. The van der Waals surface area contributed by atoms with Crippen LogP contribution in [0.1, 0.15) is 39.7 Å². The molecular formula is C25H31ClN2O5. The molecule has 7 nitrogen and oxygen atoms in total. The summed E-state index contributed by atoms with van der Waals surface area (Å²) in [7, 11) is 0. The van der Waals surface area contributed by atoms with Crippen LogP contribution in [0.5, 0.6) is 5.88 Å². The third kappa shape index (κ3) is 2.71. The standard InChI is InChI=1S/C25H31ClN2O5/c1-11-8-24-12(2)6-16-17(23(16,4)5)15(19(24)31)7-14(9-29)18(30)25(24,32)20(11)33-22-13(3)21(26)27-10-28-22/h7-8,10,12,15-18,20,29-30,32H,6,9H2,1-5H3/t12-,15+,16-,17+,18-,20+,24?,25+/m1/s1. The number of carbonyl (C=O) groups is 1. The lowest BCUT2D eigenvalue weighted by atomic mass is 9.59. The van der Waals surface area contributed by atoms with Gasteiger partial charge in [-0.15, -0.1) is 0 Å². The molecule has 8 heteroatoms. The second kappa shape index (κ2) is 7.11. The Hall–Kier alpha value is -1.80. The molecule has 0 aromatic carbocycles. The molecule has 0 aliphatic heterocycles. The first-order valence-electron chi connectivity index (χ1n) is 11.5. The van der Waals surface area contributed by atoms with Gasteiger partial charge in [0.25, 0.3) is 0 Å². The second-order valence-corrected chi connectivity index (χ2v) is 11.3. The molecule has 2 fully saturated rings. The van der Waals surface area contributed by atoms with Crippen molar-refractivity contribution in [1.82, 2.24) is 9.97 Å². The molecule has 33 heavy (non-hydrogen) atoms. The van der Waals surface area contributed by atoms with Crippen molar-refractivity contribution in [2.45, 2.75) is 58.8 Å². The number of halogens is 1. The van der Waals surface area contributed by atoms with Gasteiger partial charge in [-0.1, -0.05) is 44.5 Å². The van der Waals surface area contributed by atoms with Crippen molar-refractivity contribution in [2.24, 2.45) is 34.5 Å². The van der Waals surface area contributed by atoms with Gasteiger partial charge in [0.15, 0.2) is 17.5 Å². The largest absolute Gasteiger partial charge is 0.466 e. The van der Waals surface area contributed by atoms with Crippen molar-refractivity contribution in [3.8, 4) is 5.88 Å². The van der Waals surface area contributed by atoms with E-state index in [1.54, 1.807) is 19.9 Å². The van der Waals surface area contributed by atoms with Crippen LogP contribution in [0.3, 0.4) is 0 Å². The van der Waals surface area contributed by atoms with Gasteiger partial charge in [-0.3, -0.25) is 4.79 Å². The average molecular weight is 475 g/mol. The fraction of sp³-hybridized carbons (Fsp3) is 0.640. The molecular weight excluding hydrogens is 444 g/mol. The molecule has 1 spiro atoms. The van der Waals surface area contributed by atoms with Crippen LogP contribution in [0.25, 0.3) is 0 Å². The highest BCUT2D eigenvalue weighted by Crippen LogP contribution is 2.71. The molecule has 1 aromatic rings. The SMILES string of the molecule is CC1=CC23C(=O)[C@@H](C=C(CO)[C@@H](O)[C@]2(O)[C@H]1Oc1ncnc(Cl)c1C)[C@H]1[C@@H](C[C@H]3C)C1(C)C. The van der Waals surface area contributed by atoms with Crippen molar-refractivity contribution in [2.75, 3.05) is 6.61 Å². The second-order valence-electron chi connectivity index (χ2n) is 11.0. The third-order valence-electron chi connectivity index (χ3n) is 9.10. The van der Waals surface area contributed by atoms with Gasteiger partial charge in [-0.05, 0) is 54.6 Å². The van der Waals surface area contributed by atoms with Crippen molar-refractivity contribution < 1.29 is 24.9 Å².